The molecule has 1 aromatic carbocycles. The molecular weight excluding hydrogens is 349 g/mol. The maximum absolute atomic E-state index is 11.4. The number of benzene rings is 1. The summed E-state index contributed by atoms with van der Waals surface area (Å²) in [7, 11) is -0.644. The van der Waals surface area contributed by atoms with Crippen molar-refractivity contribution in [1.29, 1.82) is 0 Å². The predicted molar refractivity (Wildman–Crippen MR) is 102 cm³/mol. The van der Waals surface area contributed by atoms with Crippen molar-refractivity contribution in [2.45, 2.75) is 45.8 Å². The standard InChI is InChI=1S/C19H26BNO6/c1-13(22)21-11-15(20-26-18(2,3)19(4,5)27-20)10-14-8-6-7-9-16(14)25-12-17(23)24/h6-10H,11-12H2,1-5H3,(H,21,22)(H,23,24). The Bertz CT molecular complexity index is 727. The summed E-state index contributed by atoms with van der Waals surface area (Å²) in [5.74, 6) is -0.803. The second-order valence-electron chi connectivity index (χ2n) is 7.44. The predicted octanol–water partition coefficient (Wildman–Crippen LogP) is 2.30. The largest absolute Gasteiger partial charge is 0.492 e. The van der Waals surface area contributed by atoms with Gasteiger partial charge in [-0.1, -0.05) is 24.3 Å². The SMILES string of the molecule is CC(=O)NCC(=Cc1ccccc1OCC(=O)O)B1OC(C)(C)C(C)(C)O1. The number of carboxylic acid groups (broad SMARTS) is 1. The van der Waals surface area contributed by atoms with E-state index in [1.54, 1.807) is 24.3 Å². The molecule has 0 saturated carbocycles. The van der Waals surface area contributed by atoms with Crippen LogP contribution in [-0.2, 0) is 18.9 Å². The summed E-state index contributed by atoms with van der Waals surface area (Å²) in [4.78, 5) is 22.2. The molecule has 0 radical (unpaired) electrons. The monoisotopic (exact) mass is 375 g/mol. The first-order valence-electron chi connectivity index (χ1n) is 8.76. The smallest absolute Gasteiger partial charge is 0.481 e. The zero-order valence-corrected chi connectivity index (χ0v) is 16.4. The molecular formula is C19H26BNO6. The highest BCUT2D eigenvalue weighted by Crippen LogP contribution is 2.39. The van der Waals surface area contributed by atoms with Crippen molar-refractivity contribution in [2.24, 2.45) is 0 Å². The van der Waals surface area contributed by atoms with Crippen LogP contribution in [0.5, 0.6) is 5.75 Å². The van der Waals surface area contributed by atoms with Gasteiger partial charge in [-0.25, -0.2) is 4.79 Å². The van der Waals surface area contributed by atoms with Gasteiger partial charge in [0, 0.05) is 19.0 Å². The molecule has 2 rings (SSSR count). The van der Waals surface area contributed by atoms with Crippen LogP contribution in [0.1, 0.15) is 40.2 Å². The number of carbonyl (C=O) groups excluding carboxylic acids is 1. The number of rotatable bonds is 7. The van der Waals surface area contributed by atoms with E-state index in [0.29, 0.717) is 16.8 Å². The molecule has 1 fully saturated rings. The molecule has 0 aliphatic carbocycles. The normalized spacial score (nSPS) is 18.3. The number of carboxylic acids is 1. The number of hydrogen-bond donors (Lipinski definition) is 2. The summed E-state index contributed by atoms with van der Waals surface area (Å²) in [6.07, 6.45) is 1.80. The minimum Gasteiger partial charge on any atom is -0.481 e. The fourth-order valence-corrected chi connectivity index (χ4v) is 2.49. The van der Waals surface area contributed by atoms with Crippen LogP contribution in [0.2, 0.25) is 0 Å². The third kappa shape index (κ3) is 5.34. The third-order valence-electron chi connectivity index (χ3n) is 4.71. The number of aliphatic carboxylic acids is 1. The van der Waals surface area contributed by atoms with Gasteiger partial charge in [-0.05, 0) is 39.2 Å². The van der Waals surface area contributed by atoms with Crippen molar-refractivity contribution in [2.75, 3.05) is 13.2 Å². The van der Waals surface area contributed by atoms with Crippen LogP contribution in [0, 0.1) is 0 Å². The van der Waals surface area contributed by atoms with Crippen LogP contribution < -0.4 is 10.1 Å². The fourth-order valence-electron chi connectivity index (χ4n) is 2.49. The second-order valence-corrected chi connectivity index (χ2v) is 7.44. The first-order valence-corrected chi connectivity index (χ1v) is 8.76. The molecule has 0 aromatic heterocycles. The van der Waals surface area contributed by atoms with Gasteiger partial charge < -0.3 is 24.5 Å². The first kappa shape index (κ1) is 21.0. The topological polar surface area (TPSA) is 94.1 Å². The Balaban J connectivity index is 2.35. The van der Waals surface area contributed by atoms with E-state index < -0.39 is 30.9 Å². The van der Waals surface area contributed by atoms with E-state index >= 15 is 0 Å². The van der Waals surface area contributed by atoms with E-state index in [-0.39, 0.29) is 12.5 Å². The minimum absolute atomic E-state index is 0.173. The van der Waals surface area contributed by atoms with E-state index in [0.717, 1.165) is 0 Å². The number of carbonyl (C=O) groups is 2. The average molecular weight is 375 g/mol. The summed E-state index contributed by atoms with van der Waals surface area (Å²) in [5, 5.41) is 11.6. The first-order chi connectivity index (χ1) is 12.5. The summed E-state index contributed by atoms with van der Waals surface area (Å²) >= 11 is 0. The van der Waals surface area contributed by atoms with Gasteiger partial charge in [-0.15, -0.1) is 0 Å². The second kappa shape index (κ2) is 8.14. The fraction of sp³-hybridized carbons (Fsp3) is 0.474. The van der Waals surface area contributed by atoms with Gasteiger partial charge >= 0.3 is 13.1 Å². The molecule has 0 unspecified atom stereocenters. The molecule has 27 heavy (non-hydrogen) atoms. The van der Waals surface area contributed by atoms with Crippen LogP contribution >= 0.6 is 0 Å². The minimum atomic E-state index is -1.06. The van der Waals surface area contributed by atoms with E-state index in [1.165, 1.54) is 6.92 Å². The quantitative estimate of drug-likeness (QED) is 0.711. The van der Waals surface area contributed by atoms with Gasteiger partial charge in [0.1, 0.15) is 5.75 Å². The number of amides is 1. The molecule has 2 N–H and O–H groups in total. The summed E-state index contributed by atoms with van der Waals surface area (Å²) in [6, 6.07) is 7.07. The molecule has 0 atom stereocenters. The highest BCUT2D eigenvalue weighted by molar-refractivity contribution is 6.56. The Labute approximate surface area is 159 Å². The van der Waals surface area contributed by atoms with Crippen LogP contribution in [0.15, 0.2) is 29.7 Å². The number of ether oxygens (including phenoxy) is 1. The van der Waals surface area contributed by atoms with E-state index in [4.69, 9.17) is 19.2 Å². The molecule has 0 bridgehead atoms. The van der Waals surface area contributed by atoms with Gasteiger partial charge in [0.25, 0.3) is 0 Å². The molecule has 0 spiro atoms. The van der Waals surface area contributed by atoms with Crippen molar-refractivity contribution < 1.29 is 28.7 Å². The van der Waals surface area contributed by atoms with Gasteiger partial charge in [-0.2, -0.15) is 0 Å². The van der Waals surface area contributed by atoms with E-state index in [1.807, 2.05) is 33.8 Å². The lowest BCUT2D eigenvalue weighted by Crippen LogP contribution is -2.41. The van der Waals surface area contributed by atoms with Gasteiger partial charge in [-0.3, -0.25) is 4.79 Å². The van der Waals surface area contributed by atoms with Crippen LogP contribution in [0.4, 0.5) is 0 Å². The number of hydrogen-bond acceptors (Lipinski definition) is 5. The molecule has 7 nitrogen and oxygen atoms in total. The van der Waals surface area contributed by atoms with Crippen molar-refractivity contribution in [3.8, 4) is 5.75 Å². The van der Waals surface area contributed by atoms with E-state index in [9.17, 15) is 9.59 Å². The zero-order chi connectivity index (χ0) is 20.2. The lowest BCUT2D eigenvalue weighted by Gasteiger charge is -2.32. The molecule has 146 valence electrons. The number of nitrogens with one attached hydrogen (secondary N) is 1. The summed E-state index contributed by atoms with van der Waals surface area (Å²) < 4.78 is 17.5. The van der Waals surface area contributed by atoms with Gasteiger partial charge in [0.05, 0.1) is 11.2 Å². The zero-order valence-electron chi connectivity index (χ0n) is 16.4. The Morgan fingerprint density at radius 1 is 1.19 bits per heavy atom. The molecule has 1 aliphatic heterocycles. The molecule has 1 amide bonds. The van der Waals surface area contributed by atoms with E-state index in [2.05, 4.69) is 5.32 Å². The summed E-state index contributed by atoms with van der Waals surface area (Å²) in [6.45, 7) is 9.04. The molecule has 1 saturated heterocycles. The van der Waals surface area contributed by atoms with Crippen molar-refractivity contribution in [3.05, 3.63) is 35.3 Å². The van der Waals surface area contributed by atoms with Crippen LogP contribution in [0.3, 0.4) is 0 Å². The molecule has 8 heteroatoms. The lowest BCUT2D eigenvalue weighted by atomic mass is 9.77. The highest BCUT2D eigenvalue weighted by Gasteiger charge is 2.52. The average Bonchev–Trinajstić information content (AvgIpc) is 2.77. The Morgan fingerprint density at radius 3 is 2.33 bits per heavy atom. The third-order valence-corrected chi connectivity index (χ3v) is 4.71. The maximum Gasteiger partial charge on any atom is 0.492 e. The van der Waals surface area contributed by atoms with Crippen LogP contribution in [-0.4, -0.2) is 48.5 Å². The summed E-state index contributed by atoms with van der Waals surface area (Å²) in [5.41, 5.74) is 0.336. The lowest BCUT2D eigenvalue weighted by molar-refractivity contribution is -0.139. The highest BCUT2D eigenvalue weighted by atomic mass is 16.7. The molecule has 1 aromatic rings. The van der Waals surface area contributed by atoms with Crippen molar-refractivity contribution >= 4 is 25.1 Å². The van der Waals surface area contributed by atoms with Crippen molar-refractivity contribution in [3.63, 3.8) is 0 Å². The Morgan fingerprint density at radius 2 is 1.78 bits per heavy atom. The van der Waals surface area contributed by atoms with Crippen molar-refractivity contribution in [1.82, 2.24) is 5.32 Å². The molecule has 1 aliphatic rings. The van der Waals surface area contributed by atoms with Gasteiger partial charge in [0.15, 0.2) is 6.61 Å². The number of para-hydroxylation sites is 1. The Hall–Kier alpha value is -2.32. The van der Waals surface area contributed by atoms with Crippen LogP contribution in [0.25, 0.3) is 6.08 Å². The Kier molecular flexibility index (Phi) is 6.33. The van der Waals surface area contributed by atoms with Gasteiger partial charge in [0.2, 0.25) is 5.91 Å². The maximum atomic E-state index is 11.4. The molecule has 1 heterocycles.